The minimum absolute atomic E-state index is 0.0772. The van der Waals surface area contributed by atoms with Crippen molar-refractivity contribution in [2.45, 2.75) is 77.7 Å². The fourth-order valence-corrected chi connectivity index (χ4v) is 5.92. The van der Waals surface area contributed by atoms with Gasteiger partial charge in [0, 0.05) is 19.0 Å². The lowest BCUT2D eigenvalue weighted by molar-refractivity contribution is -0.143. The Hall–Kier alpha value is -2.90. The predicted octanol–water partition coefficient (Wildman–Crippen LogP) is 1.50. The number of hydrogen-bond acceptors (Lipinski definition) is 6. The van der Waals surface area contributed by atoms with Crippen LogP contribution in [0.25, 0.3) is 0 Å². The Balaban J connectivity index is 1.89. The van der Waals surface area contributed by atoms with E-state index in [2.05, 4.69) is 22.0 Å². The fraction of sp³-hybridized carbons (Fsp3) is 0.800. The van der Waals surface area contributed by atoms with Crippen molar-refractivity contribution in [2.75, 3.05) is 20.2 Å². The molecule has 1 saturated carbocycles. The van der Waals surface area contributed by atoms with E-state index < -0.39 is 59.5 Å². The first kappa shape index (κ1) is 27.7. The van der Waals surface area contributed by atoms with Crippen LogP contribution in [0.3, 0.4) is 0 Å². The van der Waals surface area contributed by atoms with Crippen LogP contribution in [0.1, 0.15) is 53.4 Å². The highest BCUT2D eigenvalue weighted by molar-refractivity contribution is 5.93. The molecule has 0 radical (unpaired) electrons. The van der Waals surface area contributed by atoms with Gasteiger partial charge in [0.1, 0.15) is 24.3 Å². The van der Waals surface area contributed by atoms with E-state index in [0.717, 1.165) is 0 Å². The molecule has 0 unspecified atom stereocenters. The molecular formula is C25H38FN5O5. The quantitative estimate of drug-likeness (QED) is 0.498. The molecule has 0 aromatic carbocycles. The van der Waals surface area contributed by atoms with Gasteiger partial charge in [0.05, 0.1) is 13.2 Å². The first-order valence-corrected chi connectivity index (χ1v) is 12.7. The van der Waals surface area contributed by atoms with E-state index in [-0.39, 0.29) is 30.7 Å². The number of nitrogens with one attached hydrogen (secondary N) is 3. The molecule has 0 bridgehead atoms. The minimum atomic E-state index is -1.10. The summed E-state index contributed by atoms with van der Waals surface area (Å²) in [6.45, 7) is 7.93. The second kappa shape index (κ2) is 11.0. The Morgan fingerprint density at radius 3 is 2.50 bits per heavy atom. The van der Waals surface area contributed by atoms with E-state index in [1.807, 2.05) is 0 Å². The smallest absolute Gasteiger partial charge is 0.407 e. The van der Waals surface area contributed by atoms with Crippen LogP contribution in [0.4, 0.5) is 9.18 Å². The summed E-state index contributed by atoms with van der Waals surface area (Å²) in [4.78, 5) is 52.9. The summed E-state index contributed by atoms with van der Waals surface area (Å²) in [5.41, 5.74) is -0.695. The highest BCUT2D eigenvalue weighted by Gasteiger charge is 2.55. The van der Waals surface area contributed by atoms with Gasteiger partial charge >= 0.3 is 6.09 Å². The van der Waals surface area contributed by atoms with Crippen molar-refractivity contribution in [1.82, 2.24) is 20.9 Å². The lowest BCUT2D eigenvalue weighted by atomic mass is 9.70. The number of alkyl halides is 1. The van der Waals surface area contributed by atoms with Gasteiger partial charge in [-0.1, -0.05) is 27.7 Å². The van der Waals surface area contributed by atoms with Gasteiger partial charge in [-0.2, -0.15) is 5.26 Å². The molecule has 2 aliphatic heterocycles. The molecule has 4 amide bonds. The van der Waals surface area contributed by atoms with Crippen LogP contribution in [-0.4, -0.2) is 73.2 Å². The van der Waals surface area contributed by atoms with E-state index >= 15 is 0 Å². The van der Waals surface area contributed by atoms with Gasteiger partial charge in [-0.15, -0.1) is 0 Å². The van der Waals surface area contributed by atoms with Crippen molar-refractivity contribution in [2.24, 2.45) is 29.1 Å². The predicted molar refractivity (Wildman–Crippen MR) is 128 cm³/mol. The summed E-state index contributed by atoms with van der Waals surface area (Å²) in [7, 11) is 1.20. The number of carbonyl (C=O) groups excluding carboxylic acids is 4. The van der Waals surface area contributed by atoms with Crippen molar-refractivity contribution >= 4 is 23.8 Å². The molecule has 200 valence electrons. The van der Waals surface area contributed by atoms with Gasteiger partial charge in [-0.3, -0.25) is 14.4 Å². The zero-order chi connectivity index (χ0) is 26.8. The molecule has 3 rings (SSSR count). The van der Waals surface area contributed by atoms with Crippen LogP contribution >= 0.6 is 0 Å². The number of fused-ring (bicyclic) bond motifs is 1. The molecule has 2 saturated heterocycles. The number of halogens is 1. The Labute approximate surface area is 211 Å². The number of amides is 4. The molecule has 0 aromatic heterocycles. The zero-order valence-corrected chi connectivity index (χ0v) is 21.7. The number of carbonyl (C=O) groups is 4. The molecule has 3 fully saturated rings. The van der Waals surface area contributed by atoms with Crippen LogP contribution in [0.15, 0.2) is 0 Å². The zero-order valence-electron chi connectivity index (χ0n) is 21.7. The molecule has 0 spiro atoms. The maximum Gasteiger partial charge on any atom is 0.407 e. The molecule has 3 aliphatic rings. The molecule has 0 aromatic rings. The molecule has 2 heterocycles. The number of hydrogen-bond donors (Lipinski definition) is 3. The lowest BCUT2D eigenvalue weighted by Crippen LogP contribution is -2.59. The van der Waals surface area contributed by atoms with Crippen molar-refractivity contribution in [1.29, 1.82) is 5.26 Å². The fourth-order valence-electron chi connectivity index (χ4n) is 5.92. The Kier molecular flexibility index (Phi) is 8.47. The standard InChI is InChI=1S/C25H38FN5O5/c1-13-17(26)7-6-15-12-31(23(34)20(25(2,3)4)30-24(35)36-5)19(18(13)15)22(33)29-16(11-27)10-14-8-9-28-21(14)32/h13-20H,6-10,12H2,1-5H3,(H,28,32)(H,29,33)(H,30,35)/t13-,14+,15+,16+,17-,18+,19+,20-/m1/s1. The average molecular weight is 508 g/mol. The summed E-state index contributed by atoms with van der Waals surface area (Å²) in [6, 6.07) is -0.837. The topological polar surface area (TPSA) is 141 Å². The third-order valence-corrected chi connectivity index (χ3v) is 7.93. The normalized spacial score (nSPS) is 31.5. The highest BCUT2D eigenvalue weighted by atomic mass is 19.1. The number of ether oxygens (including phenoxy) is 1. The Bertz CT molecular complexity index is 915. The molecule has 8 atom stereocenters. The molecule has 10 nitrogen and oxygen atoms in total. The highest BCUT2D eigenvalue weighted by Crippen LogP contribution is 2.45. The Morgan fingerprint density at radius 2 is 1.94 bits per heavy atom. The van der Waals surface area contributed by atoms with Crippen LogP contribution in [0, 0.1) is 40.4 Å². The van der Waals surface area contributed by atoms with Crippen molar-refractivity contribution in [3.05, 3.63) is 0 Å². The van der Waals surface area contributed by atoms with E-state index in [4.69, 9.17) is 4.74 Å². The van der Waals surface area contributed by atoms with Crippen LogP contribution in [0.5, 0.6) is 0 Å². The first-order chi connectivity index (χ1) is 16.9. The van der Waals surface area contributed by atoms with Crippen LogP contribution in [0.2, 0.25) is 0 Å². The second-order valence-electron chi connectivity index (χ2n) is 11.4. The van der Waals surface area contributed by atoms with Crippen molar-refractivity contribution in [3.63, 3.8) is 0 Å². The van der Waals surface area contributed by atoms with E-state index in [0.29, 0.717) is 25.8 Å². The Morgan fingerprint density at radius 1 is 1.25 bits per heavy atom. The van der Waals surface area contributed by atoms with Gasteiger partial charge < -0.3 is 25.6 Å². The van der Waals surface area contributed by atoms with Crippen molar-refractivity contribution in [3.8, 4) is 6.07 Å². The van der Waals surface area contributed by atoms with E-state index in [1.54, 1.807) is 27.7 Å². The monoisotopic (exact) mass is 507 g/mol. The number of alkyl carbamates (subject to hydrolysis) is 1. The largest absolute Gasteiger partial charge is 0.453 e. The summed E-state index contributed by atoms with van der Waals surface area (Å²) in [5, 5.41) is 17.7. The molecule has 36 heavy (non-hydrogen) atoms. The van der Waals surface area contributed by atoms with E-state index in [1.165, 1.54) is 12.0 Å². The van der Waals surface area contributed by atoms with Gasteiger partial charge in [-0.25, -0.2) is 9.18 Å². The number of likely N-dealkylation sites (tertiary alicyclic amines) is 1. The third kappa shape index (κ3) is 5.73. The molecular weight excluding hydrogens is 469 g/mol. The van der Waals surface area contributed by atoms with Gasteiger partial charge in [0.15, 0.2) is 0 Å². The van der Waals surface area contributed by atoms with Gasteiger partial charge in [0.25, 0.3) is 0 Å². The maximum atomic E-state index is 14.8. The van der Waals surface area contributed by atoms with Gasteiger partial charge in [0.2, 0.25) is 17.7 Å². The van der Waals surface area contributed by atoms with E-state index in [9.17, 15) is 28.8 Å². The summed E-state index contributed by atoms with van der Waals surface area (Å²) >= 11 is 0. The number of nitrogens with zero attached hydrogens (tertiary/aromatic N) is 2. The lowest BCUT2D eigenvalue weighted by Gasteiger charge is -2.38. The van der Waals surface area contributed by atoms with Crippen molar-refractivity contribution < 1.29 is 28.3 Å². The molecule has 3 N–H and O–H groups in total. The molecule has 1 aliphatic carbocycles. The average Bonchev–Trinajstić information content (AvgIpc) is 3.41. The summed E-state index contributed by atoms with van der Waals surface area (Å²) in [5.74, 6) is -2.47. The number of nitriles is 1. The minimum Gasteiger partial charge on any atom is -0.453 e. The SMILES string of the molecule is COC(=O)N[C@H](C(=O)N1C[C@@H]2CC[C@@H](F)[C@@H](C)[C@@H]2[C@H]1C(=O)N[C@H](C#N)C[C@@H]1CCNC1=O)C(C)(C)C. The van der Waals surface area contributed by atoms with Gasteiger partial charge in [-0.05, 0) is 48.9 Å². The summed E-state index contributed by atoms with van der Waals surface area (Å²) in [6.07, 6.45) is -0.218. The number of rotatable bonds is 6. The number of methoxy groups -OCH3 is 1. The second-order valence-corrected chi connectivity index (χ2v) is 11.4. The summed E-state index contributed by atoms with van der Waals surface area (Å²) < 4.78 is 19.5. The maximum absolute atomic E-state index is 14.8. The first-order valence-electron chi connectivity index (χ1n) is 12.7. The third-order valence-electron chi connectivity index (χ3n) is 7.93. The van der Waals surface area contributed by atoms with Crippen LogP contribution in [-0.2, 0) is 19.1 Å². The molecule has 11 heteroatoms. The van der Waals surface area contributed by atoms with Crippen LogP contribution < -0.4 is 16.0 Å².